The van der Waals surface area contributed by atoms with Crippen molar-refractivity contribution in [1.29, 1.82) is 0 Å². The van der Waals surface area contributed by atoms with Crippen molar-refractivity contribution in [3.8, 4) is 0 Å². The van der Waals surface area contributed by atoms with Crippen LogP contribution < -0.4 is 4.72 Å². The molecule has 0 heterocycles. The number of carbonyl (C=O) groups is 1. The van der Waals surface area contributed by atoms with E-state index in [0.29, 0.717) is 6.42 Å². The zero-order valence-electron chi connectivity index (χ0n) is 16.2. The van der Waals surface area contributed by atoms with Gasteiger partial charge in [-0.1, -0.05) is 79.9 Å². The monoisotopic (exact) mass is 395 g/mol. The van der Waals surface area contributed by atoms with Crippen molar-refractivity contribution in [2.24, 2.45) is 0 Å². The highest BCUT2D eigenvalue weighted by Gasteiger charge is 2.25. The number of amides is 1. The van der Waals surface area contributed by atoms with Gasteiger partial charge in [0.2, 0.25) is 5.91 Å². The molecule has 3 rings (SSSR count). The van der Waals surface area contributed by atoms with Crippen molar-refractivity contribution in [3.05, 3.63) is 77.9 Å². The molecule has 0 fully saturated rings. The number of carbonyl (C=O) groups excluding carboxylic acids is 1. The molecule has 0 aliphatic heterocycles. The molecule has 1 N–H and O–H groups in total. The van der Waals surface area contributed by atoms with Gasteiger partial charge in [0.05, 0.1) is 10.8 Å². The van der Waals surface area contributed by atoms with E-state index in [4.69, 9.17) is 0 Å². The first-order chi connectivity index (χ1) is 13.4. The molecule has 0 bridgehead atoms. The molecular formula is C23H25NO3S. The Kier molecular flexibility index (Phi) is 6.15. The Labute approximate surface area is 166 Å². The van der Waals surface area contributed by atoms with Crippen molar-refractivity contribution < 1.29 is 13.2 Å². The third kappa shape index (κ3) is 4.60. The van der Waals surface area contributed by atoms with Crippen molar-refractivity contribution in [3.63, 3.8) is 0 Å². The summed E-state index contributed by atoms with van der Waals surface area (Å²) in [5.74, 6) is -0.992. The minimum atomic E-state index is -3.90. The molecule has 3 aromatic carbocycles. The highest BCUT2D eigenvalue weighted by Crippen LogP contribution is 2.27. The average Bonchev–Trinajstić information content (AvgIpc) is 2.68. The van der Waals surface area contributed by atoms with Crippen LogP contribution in [0.4, 0.5) is 0 Å². The first kappa shape index (κ1) is 20.1. The summed E-state index contributed by atoms with van der Waals surface area (Å²) < 4.78 is 27.6. The second-order valence-corrected chi connectivity index (χ2v) is 8.77. The zero-order chi connectivity index (χ0) is 20.1. The molecule has 4 nitrogen and oxygen atoms in total. The van der Waals surface area contributed by atoms with Gasteiger partial charge in [0.1, 0.15) is 0 Å². The van der Waals surface area contributed by atoms with E-state index in [1.165, 1.54) is 12.1 Å². The molecule has 0 aromatic heterocycles. The Morgan fingerprint density at radius 1 is 0.964 bits per heavy atom. The molecule has 28 heavy (non-hydrogen) atoms. The van der Waals surface area contributed by atoms with Gasteiger partial charge in [0.25, 0.3) is 10.0 Å². The second kappa shape index (κ2) is 8.57. The van der Waals surface area contributed by atoms with Gasteiger partial charge >= 0.3 is 0 Å². The molecule has 1 unspecified atom stereocenters. The van der Waals surface area contributed by atoms with Gasteiger partial charge in [-0.25, -0.2) is 13.1 Å². The molecule has 1 atom stereocenters. The van der Waals surface area contributed by atoms with Gasteiger partial charge in [-0.3, -0.25) is 4.79 Å². The van der Waals surface area contributed by atoms with E-state index in [-0.39, 0.29) is 4.90 Å². The number of sulfonamides is 1. The van der Waals surface area contributed by atoms with Crippen molar-refractivity contribution in [2.45, 2.75) is 43.9 Å². The standard InChI is InChI=1S/C23H25NO3S/c1-3-4-9-22(20-13-12-18-7-5-6-8-19(18)16-20)23(25)24-28(26,27)21-14-10-17(2)11-15-21/h5-8,10-16,22H,3-4,9H2,1-2H3,(H,24,25). The molecule has 146 valence electrons. The van der Waals surface area contributed by atoms with Gasteiger partial charge in [0.15, 0.2) is 0 Å². The summed E-state index contributed by atoms with van der Waals surface area (Å²) in [5, 5.41) is 2.13. The molecule has 0 saturated heterocycles. The van der Waals surface area contributed by atoms with E-state index in [1.807, 2.05) is 49.4 Å². The number of unbranched alkanes of at least 4 members (excludes halogenated alkanes) is 1. The molecule has 1 amide bonds. The Bertz CT molecular complexity index is 1070. The maximum absolute atomic E-state index is 13.0. The van der Waals surface area contributed by atoms with Crippen molar-refractivity contribution >= 4 is 26.7 Å². The Morgan fingerprint density at radius 3 is 2.32 bits per heavy atom. The molecular weight excluding hydrogens is 370 g/mol. The Morgan fingerprint density at radius 2 is 1.64 bits per heavy atom. The van der Waals surface area contributed by atoms with Crippen LogP contribution in [0.25, 0.3) is 10.8 Å². The van der Waals surface area contributed by atoms with Gasteiger partial charge in [-0.05, 0) is 41.8 Å². The molecule has 0 spiro atoms. The molecule has 0 aliphatic carbocycles. The minimum Gasteiger partial charge on any atom is -0.273 e. The second-order valence-electron chi connectivity index (χ2n) is 7.08. The van der Waals surface area contributed by atoms with Crippen LogP contribution in [0.5, 0.6) is 0 Å². The fourth-order valence-electron chi connectivity index (χ4n) is 3.26. The summed E-state index contributed by atoms with van der Waals surface area (Å²) in [6.07, 6.45) is 2.38. The van der Waals surface area contributed by atoms with E-state index in [2.05, 4.69) is 11.6 Å². The quantitative estimate of drug-likeness (QED) is 0.617. The lowest BCUT2D eigenvalue weighted by Crippen LogP contribution is -2.34. The number of hydrogen-bond acceptors (Lipinski definition) is 3. The molecule has 3 aromatic rings. The number of hydrogen-bond donors (Lipinski definition) is 1. The fraction of sp³-hybridized carbons (Fsp3) is 0.261. The smallest absolute Gasteiger partial charge is 0.264 e. The zero-order valence-corrected chi connectivity index (χ0v) is 17.0. The minimum absolute atomic E-state index is 0.0965. The first-order valence-corrected chi connectivity index (χ1v) is 11.0. The first-order valence-electron chi connectivity index (χ1n) is 9.53. The van der Waals surface area contributed by atoms with E-state index < -0.39 is 21.8 Å². The lowest BCUT2D eigenvalue weighted by atomic mass is 9.91. The van der Waals surface area contributed by atoms with Crippen LogP contribution in [0, 0.1) is 6.92 Å². The van der Waals surface area contributed by atoms with Gasteiger partial charge in [-0.2, -0.15) is 0 Å². The Hall–Kier alpha value is -2.66. The summed E-state index contributed by atoms with van der Waals surface area (Å²) in [6, 6.07) is 20.3. The van der Waals surface area contributed by atoms with E-state index in [1.54, 1.807) is 12.1 Å². The average molecular weight is 396 g/mol. The number of aryl methyl sites for hydroxylation is 1. The molecule has 0 aliphatic rings. The lowest BCUT2D eigenvalue weighted by Gasteiger charge is -2.18. The van der Waals surface area contributed by atoms with Gasteiger partial charge in [0, 0.05) is 0 Å². The van der Waals surface area contributed by atoms with Gasteiger partial charge in [-0.15, -0.1) is 0 Å². The third-order valence-corrected chi connectivity index (χ3v) is 6.27. The summed E-state index contributed by atoms with van der Waals surface area (Å²) in [6.45, 7) is 3.94. The predicted molar refractivity (Wildman–Crippen MR) is 113 cm³/mol. The molecule has 5 heteroatoms. The van der Waals surface area contributed by atoms with Crippen LogP contribution >= 0.6 is 0 Å². The van der Waals surface area contributed by atoms with E-state index in [0.717, 1.165) is 34.7 Å². The summed E-state index contributed by atoms with van der Waals surface area (Å²) in [7, 11) is -3.90. The maximum atomic E-state index is 13.0. The highest BCUT2D eigenvalue weighted by atomic mass is 32.2. The summed E-state index contributed by atoms with van der Waals surface area (Å²) in [4.78, 5) is 13.0. The van der Waals surface area contributed by atoms with Crippen LogP contribution in [0.2, 0.25) is 0 Å². The molecule has 0 radical (unpaired) electrons. The highest BCUT2D eigenvalue weighted by molar-refractivity contribution is 7.90. The third-order valence-electron chi connectivity index (χ3n) is 4.90. The lowest BCUT2D eigenvalue weighted by molar-refractivity contribution is -0.121. The van der Waals surface area contributed by atoms with Crippen LogP contribution in [-0.2, 0) is 14.8 Å². The van der Waals surface area contributed by atoms with Crippen molar-refractivity contribution in [1.82, 2.24) is 4.72 Å². The van der Waals surface area contributed by atoms with Gasteiger partial charge < -0.3 is 0 Å². The largest absolute Gasteiger partial charge is 0.273 e. The van der Waals surface area contributed by atoms with Crippen LogP contribution in [-0.4, -0.2) is 14.3 Å². The summed E-state index contributed by atoms with van der Waals surface area (Å²) in [5.41, 5.74) is 1.80. The van der Waals surface area contributed by atoms with E-state index >= 15 is 0 Å². The number of benzene rings is 3. The van der Waals surface area contributed by atoms with Crippen LogP contribution in [0.1, 0.15) is 43.2 Å². The van der Waals surface area contributed by atoms with E-state index in [9.17, 15) is 13.2 Å². The molecule has 0 saturated carbocycles. The predicted octanol–water partition coefficient (Wildman–Crippen LogP) is 4.93. The Balaban J connectivity index is 1.89. The topological polar surface area (TPSA) is 63.2 Å². The normalized spacial score (nSPS) is 12.6. The van der Waals surface area contributed by atoms with Crippen LogP contribution in [0.15, 0.2) is 71.6 Å². The summed E-state index contributed by atoms with van der Waals surface area (Å²) >= 11 is 0. The number of nitrogens with one attached hydrogen (secondary N) is 1. The fourth-order valence-corrected chi connectivity index (χ4v) is 4.28. The van der Waals surface area contributed by atoms with Crippen LogP contribution in [0.3, 0.4) is 0 Å². The maximum Gasteiger partial charge on any atom is 0.264 e. The SMILES string of the molecule is CCCCC(C(=O)NS(=O)(=O)c1ccc(C)cc1)c1ccc2ccccc2c1. The number of rotatable bonds is 7. The number of fused-ring (bicyclic) bond motifs is 1. The van der Waals surface area contributed by atoms with Crippen molar-refractivity contribution in [2.75, 3.05) is 0 Å².